The van der Waals surface area contributed by atoms with E-state index in [-0.39, 0.29) is 12.4 Å². The molecule has 1 aromatic carbocycles. The summed E-state index contributed by atoms with van der Waals surface area (Å²) in [5.41, 5.74) is 1.20. The van der Waals surface area contributed by atoms with Crippen LogP contribution in [0.2, 0.25) is 0 Å². The highest BCUT2D eigenvalue weighted by atomic mass is 19.1. The van der Waals surface area contributed by atoms with Gasteiger partial charge in [-0.25, -0.2) is 4.39 Å². The molecule has 4 heteroatoms. The Hall–Kier alpha value is -1.13. The molecule has 1 aliphatic heterocycles. The maximum Gasteiger partial charge on any atom is 0.146 e. The highest BCUT2D eigenvalue weighted by Gasteiger charge is 2.13. The fourth-order valence-electron chi connectivity index (χ4n) is 1.89. The molecule has 1 heterocycles. The molecule has 0 radical (unpaired) electrons. The molecule has 88 valence electrons. The molecule has 0 spiro atoms. The molecule has 2 rings (SSSR count). The van der Waals surface area contributed by atoms with E-state index in [2.05, 4.69) is 0 Å². The molecule has 0 bridgehead atoms. The van der Waals surface area contributed by atoms with Gasteiger partial charge in [-0.05, 0) is 24.1 Å². The van der Waals surface area contributed by atoms with Crippen LogP contribution in [0.25, 0.3) is 0 Å². The first-order valence-electron chi connectivity index (χ1n) is 5.53. The minimum absolute atomic E-state index is 0.125. The quantitative estimate of drug-likeness (QED) is 0.828. The Morgan fingerprint density at radius 3 is 2.94 bits per heavy atom. The van der Waals surface area contributed by atoms with Gasteiger partial charge in [0.2, 0.25) is 0 Å². The van der Waals surface area contributed by atoms with Crippen LogP contribution in [0.15, 0.2) is 18.2 Å². The summed E-state index contributed by atoms with van der Waals surface area (Å²) in [6.45, 7) is 2.79. The molecule has 0 aromatic heterocycles. The standard InChI is InChI=1S/C12H16FNO2/c13-11-8-10(9-15)2-3-12(11)14-4-1-6-16-7-5-14/h2-3,8,15H,1,4-7,9H2. The van der Waals surface area contributed by atoms with Crippen LogP contribution in [-0.2, 0) is 11.3 Å². The summed E-state index contributed by atoms with van der Waals surface area (Å²) in [6, 6.07) is 4.87. The van der Waals surface area contributed by atoms with E-state index in [1.807, 2.05) is 4.90 Å². The van der Waals surface area contributed by atoms with E-state index in [1.165, 1.54) is 6.07 Å². The molecule has 1 aliphatic rings. The summed E-state index contributed by atoms with van der Waals surface area (Å²) in [5.74, 6) is -0.270. The molecule has 3 nitrogen and oxygen atoms in total. The second kappa shape index (κ2) is 5.27. The van der Waals surface area contributed by atoms with Crippen molar-refractivity contribution in [1.82, 2.24) is 0 Å². The molecule has 0 unspecified atom stereocenters. The van der Waals surface area contributed by atoms with Gasteiger partial charge >= 0.3 is 0 Å². The van der Waals surface area contributed by atoms with Crippen LogP contribution in [-0.4, -0.2) is 31.4 Å². The summed E-state index contributed by atoms with van der Waals surface area (Å²) >= 11 is 0. The number of rotatable bonds is 2. The Bertz CT molecular complexity index is 349. The zero-order chi connectivity index (χ0) is 11.4. The van der Waals surface area contributed by atoms with Crippen molar-refractivity contribution in [2.45, 2.75) is 13.0 Å². The first-order chi connectivity index (χ1) is 7.81. The molecule has 1 aromatic rings. The monoisotopic (exact) mass is 225 g/mol. The number of anilines is 1. The number of nitrogens with zero attached hydrogens (tertiary/aromatic N) is 1. The first kappa shape index (κ1) is 11.4. The predicted octanol–water partition coefficient (Wildman–Crippen LogP) is 1.54. The Kier molecular flexibility index (Phi) is 3.74. The molecule has 16 heavy (non-hydrogen) atoms. The minimum Gasteiger partial charge on any atom is -0.392 e. The van der Waals surface area contributed by atoms with Crippen LogP contribution in [0.3, 0.4) is 0 Å². The number of aliphatic hydroxyl groups is 1. The maximum absolute atomic E-state index is 13.8. The molecular formula is C12H16FNO2. The molecule has 0 saturated carbocycles. The average molecular weight is 225 g/mol. The van der Waals surface area contributed by atoms with Crippen LogP contribution in [0.5, 0.6) is 0 Å². The third kappa shape index (κ3) is 2.51. The molecule has 1 saturated heterocycles. The van der Waals surface area contributed by atoms with Gasteiger partial charge in [0.1, 0.15) is 5.82 Å². The molecule has 0 atom stereocenters. The van der Waals surface area contributed by atoms with Gasteiger partial charge in [0.25, 0.3) is 0 Å². The predicted molar refractivity (Wildman–Crippen MR) is 60.0 cm³/mol. The van der Waals surface area contributed by atoms with Crippen molar-refractivity contribution >= 4 is 5.69 Å². The van der Waals surface area contributed by atoms with Gasteiger partial charge in [-0.15, -0.1) is 0 Å². The number of aliphatic hydroxyl groups excluding tert-OH is 1. The second-order valence-electron chi connectivity index (χ2n) is 3.90. The largest absolute Gasteiger partial charge is 0.392 e. The van der Waals surface area contributed by atoms with Crippen molar-refractivity contribution in [1.29, 1.82) is 0 Å². The fraction of sp³-hybridized carbons (Fsp3) is 0.500. The maximum atomic E-state index is 13.8. The van der Waals surface area contributed by atoms with Gasteiger partial charge in [-0.1, -0.05) is 6.07 Å². The highest BCUT2D eigenvalue weighted by Crippen LogP contribution is 2.21. The van der Waals surface area contributed by atoms with E-state index in [9.17, 15) is 4.39 Å². The summed E-state index contributed by atoms with van der Waals surface area (Å²) in [6.07, 6.45) is 0.918. The molecule has 1 fully saturated rings. The minimum atomic E-state index is -0.270. The van der Waals surface area contributed by atoms with Crippen molar-refractivity contribution < 1.29 is 14.2 Å². The lowest BCUT2D eigenvalue weighted by Gasteiger charge is -2.22. The van der Waals surface area contributed by atoms with Crippen molar-refractivity contribution in [2.75, 3.05) is 31.2 Å². The van der Waals surface area contributed by atoms with Gasteiger partial charge in [0.15, 0.2) is 0 Å². The first-order valence-corrected chi connectivity index (χ1v) is 5.53. The average Bonchev–Trinajstić information content (AvgIpc) is 2.57. The summed E-state index contributed by atoms with van der Waals surface area (Å²) in [5, 5.41) is 8.91. The van der Waals surface area contributed by atoms with Crippen molar-refractivity contribution in [2.24, 2.45) is 0 Å². The highest BCUT2D eigenvalue weighted by molar-refractivity contribution is 5.49. The third-order valence-electron chi connectivity index (χ3n) is 2.76. The number of halogens is 1. The van der Waals surface area contributed by atoms with Gasteiger partial charge in [-0.2, -0.15) is 0 Å². The van der Waals surface area contributed by atoms with E-state index >= 15 is 0 Å². The van der Waals surface area contributed by atoms with Crippen LogP contribution in [0.1, 0.15) is 12.0 Å². The topological polar surface area (TPSA) is 32.7 Å². The normalized spacial score (nSPS) is 17.2. The number of ether oxygens (including phenoxy) is 1. The SMILES string of the molecule is OCc1ccc(N2CCCOCC2)c(F)c1. The van der Waals surface area contributed by atoms with E-state index in [1.54, 1.807) is 12.1 Å². The van der Waals surface area contributed by atoms with Crippen LogP contribution >= 0.6 is 0 Å². The van der Waals surface area contributed by atoms with Gasteiger partial charge in [-0.3, -0.25) is 0 Å². The molecule has 1 N–H and O–H groups in total. The molecule has 0 aliphatic carbocycles. The number of hydrogen-bond donors (Lipinski definition) is 1. The molecule has 0 amide bonds. The molecular weight excluding hydrogens is 209 g/mol. The smallest absolute Gasteiger partial charge is 0.146 e. The van der Waals surface area contributed by atoms with Gasteiger partial charge < -0.3 is 14.7 Å². The van der Waals surface area contributed by atoms with E-state index in [0.29, 0.717) is 17.9 Å². The summed E-state index contributed by atoms with van der Waals surface area (Å²) in [7, 11) is 0. The Balaban J connectivity index is 2.18. The number of hydrogen-bond acceptors (Lipinski definition) is 3. The van der Waals surface area contributed by atoms with E-state index < -0.39 is 0 Å². The van der Waals surface area contributed by atoms with Gasteiger partial charge in [0.05, 0.1) is 18.9 Å². The lowest BCUT2D eigenvalue weighted by atomic mass is 10.2. The van der Waals surface area contributed by atoms with Crippen LogP contribution in [0, 0.1) is 5.82 Å². The van der Waals surface area contributed by atoms with Crippen LogP contribution in [0.4, 0.5) is 10.1 Å². The second-order valence-corrected chi connectivity index (χ2v) is 3.90. The zero-order valence-corrected chi connectivity index (χ0v) is 9.16. The van der Waals surface area contributed by atoms with Crippen molar-refractivity contribution in [3.63, 3.8) is 0 Å². The van der Waals surface area contributed by atoms with Gasteiger partial charge in [0, 0.05) is 19.7 Å². The lowest BCUT2D eigenvalue weighted by molar-refractivity contribution is 0.152. The number of benzene rings is 1. The summed E-state index contributed by atoms with van der Waals surface area (Å²) < 4.78 is 19.1. The van der Waals surface area contributed by atoms with Crippen molar-refractivity contribution in [3.05, 3.63) is 29.6 Å². The Morgan fingerprint density at radius 1 is 1.31 bits per heavy atom. The summed E-state index contributed by atoms with van der Waals surface area (Å²) in [4.78, 5) is 1.99. The van der Waals surface area contributed by atoms with E-state index in [0.717, 1.165) is 26.1 Å². The third-order valence-corrected chi connectivity index (χ3v) is 2.76. The van der Waals surface area contributed by atoms with Crippen molar-refractivity contribution in [3.8, 4) is 0 Å². The Morgan fingerprint density at radius 2 is 2.19 bits per heavy atom. The zero-order valence-electron chi connectivity index (χ0n) is 9.16. The van der Waals surface area contributed by atoms with Crippen LogP contribution < -0.4 is 4.90 Å². The Labute approximate surface area is 94.4 Å². The lowest BCUT2D eigenvalue weighted by Crippen LogP contribution is -2.26. The fourth-order valence-corrected chi connectivity index (χ4v) is 1.89. The van der Waals surface area contributed by atoms with E-state index in [4.69, 9.17) is 9.84 Å².